The Morgan fingerprint density at radius 1 is 1.19 bits per heavy atom. The number of hydrogen-bond acceptors (Lipinski definition) is 6. The standard InChI is InChI=1S/C17H16FN5O3/c1-25-13-8-6-12(7-9-13)23-16(20-21-22-23)10-19-17(24)11-26-15-5-3-2-4-14(15)18/h2-9H,10-11H2,1H3,(H,19,24). The van der Waals surface area contributed by atoms with Crippen molar-refractivity contribution in [2.75, 3.05) is 13.7 Å². The zero-order valence-corrected chi connectivity index (χ0v) is 13.9. The van der Waals surface area contributed by atoms with E-state index in [-0.39, 0.29) is 18.9 Å². The van der Waals surface area contributed by atoms with Gasteiger partial charge in [-0.1, -0.05) is 12.1 Å². The largest absolute Gasteiger partial charge is 0.497 e. The van der Waals surface area contributed by atoms with Crippen molar-refractivity contribution in [2.45, 2.75) is 6.54 Å². The average Bonchev–Trinajstić information content (AvgIpc) is 3.14. The number of methoxy groups -OCH3 is 1. The number of rotatable bonds is 7. The number of carbonyl (C=O) groups excluding carboxylic acids is 1. The highest BCUT2D eigenvalue weighted by Crippen LogP contribution is 2.16. The molecule has 1 aromatic heterocycles. The molecule has 0 aliphatic heterocycles. The van der Waals surface area contributed by atoms with Crippen molar-refractivity contribution in [2.24, 2.45) is 0 Å². The van der Waals surface area contributed by atoms with E-state index in [0.29, 0.717) is 11.6 Å². The summed E-state index contributed by atoms with van der Waals surface area (Å²) in [6.45, 7) is -0.219. The lowest BCUT2D eigenvalue weighted by atomic mass is 10.3. The van der Waals surface area contributed by atoms with Crippen molar-refractivity contribution >= 4 is 5.91 Å². The topological polar surface area (TPSA) is 91.2 Å². The highest BCUT2D eigenvalue weighted by molar-refractivity contribution is 5.77. The second-order valence-corrected chi connectivity index (χ2v) is 5.20. The Balaban J connectivity index is 1.57. The van der Waals surface area contributed by atoms with Crippen LogP contribution >= 0.6 is 0 Å². The molecule has 3 aromatic rings. The Morgan fingerprint density at radius 3 is 2.69 bits per heavy atom. The zero-order valence-electron chi connectivity index (χ0n) is 13.9. The van der Waals surface area contributed by atoms with Crippen molar-refractivity contribution in [1.82, 2.24) is 25.5 Å². The third kappa shape index (κ3) is 4.12. The summed E-state index contributed by atoms with van der Waals surface area (Å²) in [5, 5.41) is 14.1. The van der Waals surface area contributed by atoms with Gasteiger partial charge in [-0.05, 0) is 46.8 Å². The number of ether oxygens (including phenoxy) is 2. The first-order chi connectivity index (χ1) is 12.7. The highest BCUT2D eigenvalue weighted by Gasteiger charge is 2.11. The summed E-state index contributed by atoms with van der Waals surface area (Å²) in [6.07, 6.45) is 0. The minimum atomic E-state index is -0.524. The molecule has 0 aliphatic carbocycles. The first-order valence-electron chi connectivity index (χ1n) is 7.73. The molecular formula is C17H16FN5O3. The van der Waals surface area contributed by atoms with Gasteiger partial charge in [0, 0.05) is 0 Å². The number of benzene rings is 2. The summed E-state index contributed by atoms with van der Waals surface area (Å²) < 4.78 is 25.2. The molecule has 134 valence electrons. The van der Waals surface area contributed by atoms with E-state index in [9.17, 15) is 9.18 Å². The van der Waals surface area contributed by atoms with E-state index in [1.165, 1.54) is 16.8 Å². The molecule has 1 N–H and O–H groups in total. The number of amides is 1. The van der Waals surface area contributed by atoms with Gasteiger partial charge in [0.15, 0.2) is 24.0 Å². The van der Waals surface area contributed by atoms with Crippen LogP contribution in [0.15, 0.2) is 48.5 Å². The fourth-order valence-electron chi connectivity index (χ4n) is 2.17. The second kappa shape index (κ2) is 8.06. The van der Waals surface area contributed by atoms with Gasteiger partial charge in [0.2, 0.25) is 0 Å². The van der Waals surface area contributed by atoms with Crippen molar-refractivity contribution in [3.8, 4) is 17.2 Å². The highest BCUT2D eigenvalue weighted by atomic mass is 19.1. The monoisotopic (exact) mass is 357 g/mol. The zero-order chi connectivity index (χ0) is 18.4. The van der Waals surface area contributed by atoms with Crippen molar-refractivity contribution in [3.63, 3.8) is 0 Å². The van der Waals surface area contributed by atoms with Crippen LogP contribution in [0.3, 0.4) is 0 Å². The Bertz CT molecular complexity index is 882. The van der Waals surface area contributed by atoms with Crippen molar-refractivity contribution in [3.05, 3.63) is 60.2 Å². The molecular weight excluding hydrogens is 341 g/mol. The van der Waals surface area contributed by atoms with Crippen LogP contribution in [-0.2, 0) is 11.3 Å². The van der Waals surface area contributed by atoms with Gasteiger partial charge < -0.3 is 14.8 Å². The number of tetrazole rings is 1. The molecule has 1 amide bonds. The molecule has 0 spiro atoms. The van der Waals surface area contributed by atoms with E-state index in [4.69, 9.17) is 9.47 Å². The van der Waals surface area contributed by atoms with Gasteiger partial charge in [0.25, 0.3) is 5.91 Å². The maximum atomic E-state index is 13.4. The summed E-state index contributed by atoms with van der Waals surface area (Å²) in [5.74, 6) is 0.225. The van der Waals surface area contributed by atoms with Crippen LogP contribution in [0.1, 0.15) is 5.82 Å². The smallest absolute Gasteiger partial charge is 0.258 e. The van der Waals surface area contributed by atoms with Crippen LogP contribution in [0.4, 0.5) is 4.39 Å². The van der Waals surface area contributed by atoms with E-state index in [1.54, 1.807) is 43.5 Å². The molecule has 0 bridgehead atoms. The lowest BCUT2D eigenvalue weighted by molar-refractivity contribution is -0.123. The van der Waals surface area contributed by atoms with E-state index < -0.39 is 11.7 Å². The lowest BCUT2D eigenvalue weighted by Crippen LogP contribution is -2.29. The van der Waals surface area contributed by atoms with Gasteiger partial charge in [0.05, 0.1) is 19.3 Å². The number of hydrogen-bond donors (Lipinski definition) is 1. The van der Waals surface area contributed by atoms with Gasteiger partial charge >= 0.3 is 0 Å². The molecule has 8 nitrogen and oxygen atoms in total. The Kier molecular flexibility index (Phi) is 5.37. The van der Waals surface area contributed by atoms with Crippen LogP contribution in [0.2, 0.25) is 0 Å². The molecule has 0 unspecified atom stereocenters. The van der Waals surface area contributed by atoms with E-state index in [1.807, 2.05) is 0 Å². The number of para-hydroxylation sites is 1. The van der Waals surface area contributed by atoms with E-state index in [0.717, 1.165) is 5.69 Å². The summed E-state index contributed by atoms with van der Waals surface area (Å²) in [5.41, 5.74) is 0.725. The van der Waals surface area contributed by atoms with Gasteiger partial charge in [-0.25, -0.2) is 4.39 Å². The fraction of sp³-hybridized carbons (Fsp3) is 0.176. The van der Waals surface area contributed by atoms with E-state index >= 15 is 0 Å². The molecule has 0 saturated carbocycles. The Labute approximate surface area is 148 Å². The number of nitrogens with zero attached hydrogens (tertiary/aromatic N) is 4. The average molecular weight is 357 g/mol. The van der Waals surface area contributed by atoms with Gasteiger partial charge in [0.1, 0.15) is 5.75 Å². The molecule has 9 heteroatoms. The quantitative estimate of drug-likeness (QED) is 0.689. The summed E-state index contributed by atoms with van der Waals surface area (Å²) >= 11 is 0. The van der Waals surface area contributed by atoms with Crippen molar-refractivity contribution < 1.29 is 18.7 Å². The lowest BCUT2D eigenvalue weighted by Gasteiger charge is -2.08. The fourth-order valence-corrected chi connectivity index (χ4v) is 2.17. The SMILES string of the molecule is COc1ccc(-n2nnnc2CNC(=O)COc2ccccc2F)cc1. The van der Waals surface area contributed by atoms with Crippen LogP contribution in [-0.4, -0.2) is 39.8 Å². The van der Waals surface area contributed by atoms with Crippen LogP contribution in [0, 0.1) is 5.82 Å². The number of nitrogens with one attached hydrogen (secondary N) is 1. The molecule has 1 heterocycles. The predicted octanol–water partition coefficient (Wildman–Crippen LogP) is 1.51. The summed E-state index contributed by atoms with van der Waals surface area (Å²) in [7, 11) is 1.58. The first-order valence-corrected chi connectivity index (χ1v) is 7.73. The molecule has 0 atom stereocenters. The maximum Gasteiger partial charge on any atom is 0.258 e. The van der Waals surface area contributed by atoms with Gasteiger partial charge in [-0.3, -0.25) is 4.79 Å². The second-order valence-electron chi connectivity index (χ2n) is 5.20. The van der Waals surface area contributed by atoms with Gasteiger partial charge in [-0.15, -0.1) is 5.10 Å². The van der Waals surface area contributed by atoms with Crippen LogP contribution in [0.25, 0.3) is 5.69 Å². The van der Waals surface area contributed by atoms with Crippen molar-refractivity contribution in [1.29, 1.82) is 0 Å². The van der Waals surface area contributed by atoms with Gasteiger partial charge in [-0.2, -0.15) is 4.68 Å². The minimum Gasteiger partial charge on any atom is -0.497 e. The van der Waals surface area contributed by atoms with Crippen LogP contribution in [0.5, 0.6) is 11.5 Å². The minimum absolute atomic E-state index is 0.0192. The number of carbonyl (C=O) groups is 1. The first kappa shape index (κ1) is 17.3. The van der Waals surface area contributed by atoms with E-state index in [2.05, 4.69) is 20.8 Å². The molecule has 0 aliphatic rings. The molecule has 26 heavy (non-hydrogen) atoms. The Morgan fingerprint density at radius 2 is 1.96 bits per heavy atom. The molecule has 0 saturated heterocycles. The Hall–Kier alpha value is -3.49. The number of aromatic nitrogens is 4. The molecule has 0 radical (unpaired) electrons. The maximum absolute atomic E-state index is 13.4. The van der Waals surface area contributed by atoms with Crippen LogP contribution < -0.4 is 14.8 Å². The molecule has 2 aromatic carbocycles. The third-order valence-electron chi connectivity index (χ3n) is 3.49. The summed E-state index contributed by atoms with van der Waals surface area (Å²) in [4.78, 5) is 11.9. The summed E-state index contributed by atoms with van der Waals surface area (Å²) in [6, 6.07) is 13.0. The normalized spacial score (nSPS) is 10.4. The molecule has 0 fully saturated rings. The molecule has 3 rings (SSSR count). The third-order valence-corrected chi connectivity index (χ3v) is 3.49. The predicted molar refractivity (Wildman–Crippen MR) is 89.4 cm³/mol. The number of halogens is 1.